The summed E-state index contributed by atoms with van der Waals surface area (Å²) in [7, 11) is 0. The Morgan fingerprint density at radius 2 is 2.05 bits per heavy atom. The molecular weight excluding hydrogens is 260 g/mol. The predicted octanol–water partition coefficient (Wildman–Crippen LogP) is 4.82. The van der Waals surface area contributed by atoms with Gasteiger partial charge in [-0.15, -0.1) is 0 Å². The van der Waals surface area contributed by atoms with Crippen LogP contribution in [0.5, 0.6) is 5.75 Å². The lowest BCUT2D eigenvalue weighted by Gasteiger charge is -2.36. The minimum absolute atomic E-state index is 0.0554. The summed E-state index contributed by atoms with van der Waals surface area (Å²) in [6.45, 7) is 8.50. The molecule has 0 aromatic heterocycles. The molecule has 0 radical (unpaired) electrons. The van der Waals surface area contributed by atoms with E-state index in [4.69, 9.17) is 0 Å². The van der Waals surface area contributed by atoms with Crippen molar-refractivity contribution in [3.05, 3.63) is 53.1 Å². The summed E-state index contributed by atoms with van der Waals surface area (Å²) >= 11 is 0. The standard InChI is InChI=1S/C19H24O2/c1-13-7-8-15(18(21)12-13)17(20)10-9-16-14(2)6-5-11-19(16,3)4/h6-10,12,16,21H,5,11H2,1-4H3/b10-9+. The van der Waals surface area contributed by atoms with E-state index in [2.05, 4.69) is 26.8 Å². The minimum Gasteiger partial charge on any atom is -0.507 e. The number of carbonyl (C=O) groups excluding carboxylic acids is 1. The van der Waals surface area contributed by atoms with Crippen LogP contribution in [0.25, 0.3) is 0 Å². The Balaban J connectivity index is 2.22. The molecule has 0 fully saturated rings. The normalized spacial score (nSPS) is 21.3. The van der Waals surface area contributed by atoms with Gasteiger partial charge in [0.1, 0.15) is 5.75 Å². The summed E-state index contributed by atoms with van der Waals surface area (Å²) in [4.78, 5) is 12.3. The summed E-state index contributed by atoms with van der Waals surface area (Å²) in [5.41, 5.74) is 2.81. The van der Waals surface area contributed by atoms with Crippen LogP contribution in [0.15, 0.2) is 42.0 Å². The number of phenolic OH excluding ortho intramolecular Hbond substituents is 1. The zero-order chi connectivity index (χ0) is 15.6. The van der Waals surface area contributed by atoms with E-state index in [1.54, 1.807) is 18.2 Å². The number of carbonyl (C=O) groups is 1. The SMILES string of the molecule is CC1=CCCC(C)(C)C1/C=C/C(=O)c1ccc(C)cc1O. The molecule has 0 saturated heterocycles. The fraction of sp³-hybridized carbons (Fsp3) is 0.421. The van der Waals surface area contributed by atoms with E-state index in [-0.39, 0.29) is 22.9 Å². The largest absolute Gasteiger partial charge is 0.507 e. The van der Waals surface area contributed by atoms with Crippen molar-refractivity contribution in [3.63, 3.8) is 0 Å². The Kier molecular flexibility index (Phi) is 4.36. The zero-order valence-electron chi connectivity index (χ0n) is 13.3. The van der Waals surface area contributed by atoms with Crippen LogP contribution in [-0.4, -0.2) is 10.9 Å². The molecule has 2 rings (SSSR count). The maximum absolute atomic E-state index is 12.3. The van der Waals surface area contributed by atoms with Crippen molar-refractivity contribution >= 4 is 5.78 Å². The molecule has 0 spiro atoms. The fourth-order valence-corrected chi connectivity index (χ4v) is 3.11. The summed E-state index contributed by atoms with van der Waals surface area (Å²) in [5.74, 6) is 0.198. The minimum atomic E-state index is -0.137. The Hall–Kier alpha value is -1.83. The lowest BCUT2D eigenvalue weighted by Crippen LogP contribution is -2.26. The topological polar surface area (TPSA) is 37.3 Å². The van der Waals surface area contributed by atoms with E-state index in [9.17, 15) is 9.90 Å². The quantitative estimate of drug-likeness (QED) is 0.491. The van der Waals surface area contributed by atoms with Gasteiger partial charge in [-0.1, -0.05) is 37.6 Å². The third-order valence-electron chi connectivity index (χ3n) is 4.45. The maximum Gasteiger partial charge on any atom is 0.189 e. The Bertz CT molecular complexity index is 606. The molecule has 0 amide bonds. The first-order valence-electron chi connectivity index (χ1n) is 7.50. The third-order valence-corrected chi connectivity index (χ3v) is 4.45. The lowest BCUT2D eigenvalue weighted by molar-refractivity contribution is 0.104. The molecule has 0 bridgehead atoms. The second-order valence-corrected chi connectivity index (χ2v) is 6.70. The average molecular weight is 284 g/mol. The van der Waals surface area contributed by atoms with Gasteiger partial charge in [0, 0.05) is 5.92 Å². The van der Waals surface area contributed by atoms with Crippen molar-refractivity contribution in [1.82, 2.24) is 0 Å². The Labute approximate surface area is 127 Å². The number of rotatable bonds is 3. The van der Waals surface area contributed by atoms with Crippen molar-refractivity contribution in [2.45, 2.75) is 40.5 Å². The zero-order valence-corrected chi connectivity index (χ0v) is 13.3. The number of aromatic hydroxyl groups is 1. The highest BCUT2D eigenvalue weighted by Crippen LogP contribution is 2.41. The van der Waals surface area contributed by atoms with Crippen molar-refractivity contribution in [2.24, 2.45) is 11.3 Å². The number of allylic oxidation sites excluding steroid dienone is 4. The van der Waals surface area contributed by atoms with Crippen LogP contribution in [0.3, 0.4) is 0 Å². The third kappa shape index (κ3) is 3.44. The number of benzene rings is 1. The van der Waals surface area contributed by atoms with Gasteiger partial charge in [-0.3, -0.25) is 4.79 Å². The number of aryl methyl sites for hydroxylation is 1. The van der Waals surface area contributed by atoms with Crippen LogP contribution in [0.1, 0.15) is 49.5 Å². The van der Waals surface area contributed by atoms with E-state index >= 15 is 0 Å². The number of hydrogen-bond acceptors (Lipinski definition) is 2. The summed E-state index contributed by atoms with van der Waals surface area (Å²) in [6, 6.07) is 5.15. The molecule has 1 aliphatic carbocycles. The molecule has 21 heavy (non-hydrogen) atoms. The van der Waals surface area contributed by atoms with Gasteiger partial charge in [0.15, 0.2) is 5.78 Å². The molecule has 0 aliphatic heterocycles. The van der Waals surface area contributed by atoms with E-state index in [0.717, 1.165) is 18.4 Å². The Morgan fingerprint density at radius 1 is 1.33 bits per heavy atom. The lowest BCUT2D eigenvalue weighted by atomic mass is 9.68. The molecule has 1 atom stereocenters. The van der Waals surface area contributed by atoms with Gasteiger partial charge in [0.2, 0.25) is 0 Å². The van der Waals surface area contributed by atoms with Gasteiger partial charge in [-0.05, 0) is 55.9 Å². The van der Waals surface area contributed by atoms with Crippen molar-refractivity contribution < 1.29 is 9.90 Å². The highest BCUT2D eigenvalue weighted by Gasteiger charge is 2.30. The van der Waals surface area contributed by atoms with E-state index < -0.39 is 0 Å². The summed E-state index contributed by atoms with van der Waals surface area (Å²) in [5, 5.41) is 9.89. The van der Waals surface area contributed by atoms with Crippen LogP contribution in [0.2, 0.25) is 0 Å². The molecule has 0 saturated carbocycles. The smallest absolute Gasteiger partial charge is 0.189 e. The molecule has 2 heteroatoms. The first-order chi connectivity index (χ1) is 9.81. The van der Waals surface area contributed by atoms with Crippen molar-refractivity contribution in [1.29, 1.82) is 0 Å². The van der Waals surface area contributed by atoms with Crippen molar-refractivity contribution in [2.75, 3.05) is 0 Å². The van der Waals surface area contributed by atoms with Crippen LogP contribution < -0.4 is 0 Å². The van der Waals surface area contributed by atoms with E-state index in [1.807, 2.05) is 19.1 Å². The van der Waals surface area contributed by atoms with E-state index in [1.165, 1.54) is 5.57 Å². The highest BCUT2D eigenvalue weighted by atomic mass is 16.3. The van der Waals surface area contributed by atoms with Gasteiger partial charge in [-0.25, -0.2) is 0 Å². The molecule has 1 aromatic carbocycles. The van der Waals surface area contributed by atoms with Gasteiger partial charge in [0.05, 0.1) is 5.56 Å². The predicted molar refractivity (Wildman–Crippen MR) is 86.6 cm³/mol. The first kappa shape index (κ1) is 15.6. The molecule has 1 aliphatic rings. The monoisotopic (exact) mass is 284 g/mol. The summed E-state index contributed by atoms with van der Waals surface area (Å²) in [6.07, 6.45) is 8.10. The maximum atomic E-state index is 12.3. The molecule has 0 heterocycles. The molecule has 1 unspecified atom stereocenters. The second-order valence-electron chi connectivity index (χ2n) is 6.70. The van der Waals surface area contributed by atoms with Crippen LogP contribution in [0, 0.1) is 18.3 Å². The molecule has 2 nitrogen and oxygen atoms in total. The van der Waals surface area contributed by atoms with Gasteiger partial charge in [-0.2, -0.15) is 0 Å². The number of phenols is 1. The van der Waals surface area contributed by atoms with Crippen molar-refractivity contribution in [3.8, 4) is 5.75 Å². The van der Waals surface area contributed by atoms with Crippen LogP contribution in [-0.2, 0) is 0 Å². The second kappa shape index (κ2) is 5.88. The van der Waals surface area contributed by atoms with Gasteiger partial charge in [0.25, 0.3) is 0 Å². The summed E-state index contributed by atoms with van der Waals surface area (Å²) < 4.78 is 0. The van der Waals surface area contributed by atoms with Crippen LogP contribution in [0.4, 0.5) is 0 Å². The Morgan fingerprint density at radius 3 is 2.67 bits per heavy atom. The first-order valence-corrected chi connectivity index (χ1v) is 7.50. The van der Waals surface area contributed by atoms with Gasteiger partial charge >= 0.3 is 0 Å². The van der Waals surface area contributed by atoms with Crippen LogP contribution >= 0.6 is 0 Å². The molecule has 1 aromatic rings. The molecule has 1 N–H and O–H groups in total. The molecule has 112 valence electrons. The average Bonchev–Trinajstić information content (AvgIpc) is 2.37. The fourth-order valence-electron chi connectivity index (χ4n) is 3.11. The highest BCUT2D eigenvalue weighted by molar-refractivity contribution is 6.06. The number of hydrogen-bond donors (Lipinski definition) is 1. The number of ketones is 1. The van der Waals surface area contributed by atoms with E-state index in [0.29, 0.717) is 5.56 Å². The van der Waals surface area contributed by atoms with Gasteiger partial charge < -0.3 is 5.11 Å². The molecular formula is C19H24O2.